The first-order valence-electron chi connectivity index (χ1n) is 7.03. The Balaban J connectivity index is 2.00. The summed E-state index contributed by atoms with van der Waals surface area (Å²) in [5.74, 6) is -2.83. The van der Waals surface area contributed by atoms with Crippen molar-refractivity contribution in [1.29, 1.82) is 0 Å². The molecule has 0 unspecified atom stereocenters. The second-order valence-corrected chi connectivity index (χ2v) is 5.43. The average molecular weight is 361 g/mol. The van der Waals surface area contributed by atoms with E-state index < -0.39 is 35.8 Å². The molecule has 134 valence electrons. The summed E-state index contributed by atoms with van der Waals surface area (Å²) in [5, 5.41) is 12.4. The fraction of sp³-hybridized carbons (Fsp3) is 0.357. The Bertz CT molecular complexity index is 821. The van der Waals surface area contributed by atoms with Gasteiger partial charge in [-0.1, -0.05) is 5.16 Å². The van der Waals surface area contributed by atoms with Crippen molar-refractivity contribution >= 4 is 6.09 Å². The number of amides is 1. The Kier molecular flexibility index (Phi) is 4.01. The summed E-state index contributed by atoms with van der Waals surface area (Å²) in [5.41, 5.74) is -0.0954. The first-order valence-corrected chi connectivity index (χ1v) is 7.03. The Morgan fingerprint density at radius 2 is 2.12 bits per heavy atom. The molecule has 1 aromatic heterocycles. The van der Waals surface area contributed by atoms with E-state index in [0.717, 1.165) is 11.0 Å². The van der Waals surface area contributed by atoms with Crippen molar-refractivity contribution in [3.05, 3.63) is 29.4 Å². The monoisotopic (exact) mass is 361 g/mol. The Morgan fingerprint density at radius 1 is 1.40 bits per heavy atom. The van der Waals surface area contributed by atoms with Crippen molar-refractivity contribution < 1.29 is 36.7 Å². The minimum Gasteiger partial charge on any atom is -0.491 e. The molecule has 1 amide bonds. The summed E-state index contributed by atoms with van der Waals surface area (Å²) < 4.78 is 61.5. The van der Waals surface area contributed by atoms with Crippen LogP contribution in [0.2, 0.25) is 0 Å². The third kappa shape index (κ3) is 3.21. The van der Waals surface area contributed by atoms with E-state index in [0.29, 0.717) is 0 Å². The van der Waals surface area contributed by atoms with Gasteiger partial charge >= 0.3 is 18.2 Å². The molecule has 3 rings (SSSR count). The van der Waals surface area contributed by atoms with Crippen LogP contribution in [0.4, 0.5) is 22.4 Å². The highest BCUT2D eigenvalue weighted by Gasteiger charge is 2.38. The topological polar surface area (TPSA) is 88.7 Å². The van der Waals surface area contributed by atoms with Crippen LogP contribution in [0.5, 0.6) is 5.75 Å². The average Bonchev–Trinajstić information content (AvgIpc) is 2.94. The fourth-order valence-electron chi connectivity index (χ4n) is 2.36. The van der Waals surface area contributed by atoms with Gasteiger partial charge in [0.1, 0.15) is 18.2 Å². The molecule has 1 aliphatic heterocycles. The number of aromatic nitrogens is 2. The van der Waals surface area contributed by atoms with Gasteiger partial charge in [0.25, 0.3) is 0 Å². The van der Waals surface area contributed by atoms with E-state index in [-0.39, 0.29) is 30.0 Å². The molecule has 1 aliphatic rings. The van der Waals surface area contributed by atoms with E-state index in [1.54, 1.807) is 6.92 Å². The Labute approximate surface area is 137 Å². The largest absolute Gasteiger partial charge is 0.491 e. The number of ether oxygens (including phenoxy) is 1. The number of alkyl halides is 3. The summed E-state index contributed by atoms with van der Waals surface area (Å²) in [6, 6.07) is 1.62. The van der Waals surface area contributed by atoms with Crippen LogP contribution in [0, 0.1) is 5.82 Å². The molecule has 0 fully saturated rings. The maximum Gasteiger partial charge on any atom is 0.471 e. The highest BCUT2D eigenvalue weighted by atomic mass is 19.4. The molecule has 0 radical (unpaired) electrons. The molecular formula is C14H11F4N3O4. The van der Waals surface area contributed by atoms with E-state index in [4.69, 9.17) is 4.74 Å². The van der Waals surface area contributed by atoms with Gasteiger partial charge in [-0.2, -0.15) is 18.2 Å². The van der Waals surface area contributed by atoms with Gasteiger partial charge in [0, 0.05) is 11.1 Å². The SMILES string of the molecule is C[C@H]1COc2cc(-c3noc(C(F)(F)F)n3)cc(F)c2CN1C(=O)O. The van der Waals surface area contributed by atoms with Gasteiger partial charge in [-0.25, -0.2) is 9.18 Å². The molecule has 0 saturated heterocycles. The number of benzene rings is 1. The summed E-state index contributed by atoms with van der Waals surface area (Å²) >= 11 is 0. The lowest BCUT2D eigenvalue weighted by Crippen LogP contribution is -2.38. The van der Waals surface area contributed by atoms with Crippen LogP contribution in [-0.2, 0) is 12.7 Å². The van der Waals surface area contributed by atoms with Crippen molar-refractivity contribution in [3.63, 3.8) is 0 Å². The predicted molar refractivity (Wildman–Crippen MR) is 73.2 cm³/mol. The predicted octanol–water partition coefficient (Wildman–Crippen LogP) is 3.16. The second-order valence-electron chi connectivity index (χ2n) is 5.43. The first-order chi connectivity index (χ1) is 11.7. The lowest BCUT2D eigenvalue weighted by Gasteiger charge is -2.22. The van der Waals surface area contributed by atoms with Crippen molar-refractivity contribution in [3.8, 4) is 17.1 Å². The van der Waals surface area contributed by atoms with Crippen LogP contribution in [0.3, 0.4) is 0 Å². The number of carboxylic acid groups (broad SMARTS) is 1. The minimum atomic E-state index is -4.82. The molecule has 0 aliphatic carbocycles. The highest BCUT2D eigenvalue weighted by Crippen LogP contribution is 2.34. The lowest BCUT2D eigenvalue weighted by atomic mass is 10.1. The van der Waals surface area contributed by atoms with Crippen LogP contribution in [0.25, 0.3) is 11.4 Å². The number of carbonyl (C=O) groups is 1. The molecule has 2 aromatic rings. The van der Waals surface area contributed by atoms with Crippen LogP contribution >= 0.6 is 0 Å². The van der Waals surface area contributed by atoms with Gasteiger partial charge in [0.2, 0.25) is 5.82 Å². The number of hydrogen-bond donors (Lipinski definition) is 1. The summed E-state index contributed by atoms with van der Waals surface area (Å²) in [4.78, 5) is 15.4. The van der Waals surface area contributed by atoms with Crippen molar-refractivity contribution in [2.24, 2.45) is 0 Å². The van der Waals surface area contributed by atoms with Crippen molar-refractivity contribution in [2.75, 3.05) is 6.61 Å². The molecule has 1 aromatic carbocycles. The summed E-state index contributed by atoms with van der Waals surface area (Å²) in [7, 11) is 0. The van der Waals surface area contributed by atoms with Crippen LogP contribution in [-0.4, -0.2) is 38.9 Å². The Morgan fingerprint density at radius 3 is 2.72 bits per heavy atom. The van der Waals surface area contributed by atoms with Gasteiger partial charge in [-0.05, 0) is 19.1 Å². The summed E-state index contributed by atoms with van der Waals surface area (Å²) in [6.45, 7) is 1.30. The fourth-order valence-corrected chi connectivity index (χ4v) is 2.36. The van der Waals surface area contributed by atoms with Gasteiger partial charge < -0.3 is 14.4 Å². The van der Waals surface area contributed by atoms with Crippen LogP contribution in [0.15, 0.2) is 16.7 Å². The highest BCUT2D eigenvalue weighted by molar-refractivity contribution is 5.66. The van der Waals surface area contributed by atoms with Gasteiger partial charge in [0.15, 0.2) is 0 Å². The van der Waals surface area contributed by atoms with E-state index in [1.807, 2.05) is 0 Å². The maximum atomic E-state index is 14.4. The smallest absolute Gasteiger partial charge is 0.471 e. The molecule has 0 bridgehead atoms. The van der Waals surface area contributed by atoms with Crippen molar-refractivity contribution in [1.82, 2.24) is 15.0 Å². The zero-order chi connectivity index (χ0) is 18.4. The number of nitrogens with zero attached hydrogens (tertiary/aromatic N) is 3. The molecule has 11 heteroatoms. The van der Waals surface area contributed by atoms with Gasteiger partial charge in [0.05, 0.1) is 12.6 Å². The lowest BCUT2D eigenvalue weighted by molar-refractivity contribution is -0.159. The second kappa shape index (κ2) is 5.90. The molecule has 2 heterocycles. The van der Waals surface area contributed by atoms with Crippen LogP contribution < -0.4 is 4.74 Å². The zero-order valence-electron chi connectivity index (χ0n) is 12.7. The normalized spacial score (nSPS) is 17.6. The van der Waals surface area contributed by atoms with Crippen LogP contribution in [0.1, 0.15) is 18.4 Å². The minimum absolute atomic E-state index is 0.0176. The first kappa shape index (κ1) is 17.0. The zero-order valence-corrected chi connectivity index (χ0v) is 12.7. The molecular weight excluding hydrogens is 350 g/mol. The molecule has 0 spiro atoms. The third-order valence-electron chi connectivity index (χ3n) is 3.67. The van der Waals surface area contributed by atoms with Crippen molar-refractivity contribution in [2.45, 2.75) is 25.7 Å². The van der Waals surface area contributed by atoms with Gasteiger partial charge in [-0.3, -0.25) is 4.90 Å². The van der Waals surface area contributed by atoms with E-state index in [2.05, 4.69) is 14.7 Å². The Hall–Kier alpha value is -2.85. The van der Waals surface area contributed by atoms with E-state index >= 15 is 0 Å². The van der Waals surface area contributed by atoms with E-state index in [9.17, 15) is 27.5 Å². The molecule has 1 atom stereocenters. The quantitative estimate of drug-likeness (QED) is 0.785. The number of hydrogen-bond acceptors (Lipinski definition) is 5. The molecule has 25 heavy (non-hydrogen) atoms. The number of rotatable bonds is 1. The van der Waals surface area contributed by atoms with Gasteiger partial charge in [-0.15, -0.1) is 0 Å². The molecule has 7 nitrogen and oxygen atoms in total. The number of fused-ring (bicyclic) bond motifs is 1. The number of halogens is 4. The van der Waals surface area contributed by atoms with E-state index in [1.165, 1.54) is 6.07 Å². The standard InChI is InChI=1S/C14H11F4N3O4/c1-6-5-24-10-3-7(11-19-12(25-20-11)14(16,17)18)2-9(15)8(10)4-21(6)13(22)23/h2-3,6H,4-5H2,1H3,(H,22,23)/t6-/m0/s1. The third-order valence-corrected chi connectivity index (χ3v) is 3.67. The molecule has 0 saturated carbocycles. The molecule has 1 N–H and O–H groups in total. The summed E-state index contributed by atoms with van der Waals surface area (Å²) in [6.07, 6.45) is -6.05. The maximum absolute atomic E-state index is 14.4.